The number of anilines is 1. The van der Waals surface area contributed by atoms with Crippen LogP contribution in [0.25, 0.3) is 11.3 Å². The molecule has 2 aromatic heterocycles. The minimum atomic E-state index is -0.694. The highest BCUT2D eigenvalue weighted by Gasteiger charge is 2.46. The first-order chi connectivity index (χ1) is 17.7. The number of nitrogens with zero attached hydrogens (tertiary/aromatic N) is 4. The summed E-state index contributed by atoms with van der Waals surface area (Å²) in [6.45, 7) is 6.30. The number of hydrogen-bond donors (Lipinski definition) is 2. The van der Waals surface area contributed by atoms with Gasteiger partial charge in [-0.05, 0) is 38.1 Å². The third-order valence-electron chi connectivity index (χ3n) is 6.74. The number of hydrogen-bond acceptors (Lipinski definition) is 6. The van der Waals surface area contributed by atoms with Crippen LogP contribution in [0.5, 0.6) is 5.75 Å². The second-order valence-corrected chi connectivity index (χ2v) is 9.90. The Morgan fingerprint density at radius 2 is 2.16 bits per heavy atom. The maximum atomic E-state index is 14.0. The third kappa shape index (κ3) is 4.69. The van der Waals surface area contributed by atoms with Gasteiger partial charge >= 0.3 is 6.03 Å². The van der Waals surface area contributed by atoms with Gasteiger partial charge in [-0.2, -0.15) is 5.10 Å². The number of likely N-dealkylation sites (tertiary alicyclic amines) is 1. The SMILES string of the molecule is CCNC(=O)N1CCC2(C1)OCCn1nc(-c3cnc(N)c(O[C@H](C)c4c(Cl)ccc(F)c4Cl)c3)cc12. The van der Waals surface area contributed by atoms with Crippen molar-refractivity contribution in [2.45, 2.75) is 38.5 Å². The predicted octanol–water partition coefficient (Wildman–Crippen LogP) is 4.77. The number of urea groups is 1. The molecule has 4 heterocycles. The van der Waals surface area contributed by atoms with E-state index in [1.165, 1.54) is 12.1 Å². The van der Waals surface area contributed by atoms with Crippen LogP contribution in [0, 0.1) is 5.82 Å². The number of carbonyl (C=O) groups excluding carboxylic acids is 1. The molecular weight excluding hydrogens is 522 g/mol. The summed E-state index contributed by atoms with van der Waals surface area (Å²) in [5.41, 5.74) is 8.06. The second-order valence-electron chi connectivity index (χ2n) is 9.11. The van der Waals surface area contributed by atoms with E-state index in [2.05, 4.69) is 10.3 Å². The molecule has 1 fully saturated rings. The molecule has 2 amide bonds. The average molecular weight is 549 g/mol. The van der Waals surface area contributed by atoms with E-state index in [1.807, 2.05) is 17.7 Å². The number of halogens is 3. The number of nitrogen functional groups attached to an aromatic ring is 1. The van der Waals surface area contributed by atoms with Gasteiger partial charge in [0.1, 0.15) is 17.5 Å². The molecule has 2 aliphatic heterocycles. The van der Waals surface area contributed by atoms with Crippen LogP contribution < -0.4 is 15.8 Å². The summed E-state index contributed by atoms with van der Waals surface area (Å²) in [4.78, 5) is 18.5. The number of nitrogens with one attached hydrogen (secondary N) is 1. The smallest absolute Gasteiger partial charge is 0.317 e. The largest absolute Gasteiger partial charge is 0.482 e. The molecule has 3 N–H and O–H groups in total. The number of pyridine rings is 1. The topological polar surface area (TPSA) is 108 Å². The Bertz CT molecular complexity index is 1350. The molecule has 0 saturated carbocycles. The van der Waals surface area contributed by atoms with Crippen molar-refractivity contribution in [3.05, 3.63) is 57.6 Å². The number of nitrogens with two attached hydrogens (primary N) is 1. The zero-order valence-corrected chi connectivity index (χ0v) is 21.9. The van der Waals surface area contributed by atoms with Crippen molar-refractivity contribution < 1.29 is 18.7 Å². The van der Waals surface area contributed by atoms with Crippen molar-refractivity contribution in [2.75, 3.05) is 32.0 Å². The maximum Gasteiger partial charge on any atom is 0.317 e. The molecule has 1 unspecified atom stereocenters. The van der Waals surface area contributed by atoms with Crippen LogP contribution in [0.1, 0.15) is 37.6 Å². The van der Waals surface area contributed by atoms with Crippen LogP contribution in [0.2, 0.25) is 10.0 Å². The van der Waals surface area contributed by atoms with Gasteiger partial charge in [0.15, 0.2) is 11.6 Å². The Kier molecular flexibility index (Phi) is 6.91. The molecule has 5 rings (SSSR count). The minimum absolute atomic E-state index is 0.100. The molecule has 2 aliphatic rings. The normalized spacial score (nSPS) is 19.6. The van der Waals surface area contributed by atoms with Crippen LogP contribution in [-0.4, -0.2) is 51.9 Å². The highest BCUT2D eigenvalue weighted by atomic mass is 35.5. The number of aromatic nitrogens is 3. The van der Waals surface area contributed by atoms with E-state index in [4.69, 9.17) is 43.5 Å². The predicted molar refractivity (Wildman–Crippen MR) is 138 cm³/mol. The number of fused-ring (bicyclic) bond motifs is 2. The van der Waals surface area contributed by atoms with E-state index < -0.39 is 17.5 Å². The number of amides is 2. The van der Waals surface area contributed by atoms with E-state index in [0.717, 1.165) is 5.69 Å². The summed E-state index contributed by atoms with van der Waals surface area (Å²) in [5.74, 6) is -0.133. The zero-order chi connectivity index (χ0) is 26.3. The average Bonchev–Trinajstić information content (AvgIpc) is 3.50. The summed E-state index contributed by atoms with van der Waals surface area (Å²) in [5, 5.41) is 7.81. The van der Waals surface area contributed by atoms with Crippen molar-refractivity contribution in [1.29, 1.82) is 0 Å². The summed E-state index contributed by atoms with van der Waals surface area (Å²) in [6.07, 6.45) is 1.60. The van der Waals surface area contributed by atoms with Gasteiger partial charge in [0.2, 0.25) is 0 Å². The molecule has 0 aliphatic carbocycles. The third-order valence-corrected chi connectivity index (χ3v) is 7.46. The van der Waals surface area contributed by atoms with E-state index in [9.17, 15) is 9.18 Å². The first kappa shape index (κ1) is 25.6. The van der Waals surface area contributed by atoms with Crippen molar-refractivity contribution in [3.8, 4) is 17.0 Å². The Morgan fingerprint density at radius 1 is 1.35 bits per heavy atom. The van der Waals surface area contributed by atoms with Crippen LogP contribution in [0.15, 0.2) is 30.5 Å². The van der Waals surface area contributed by atoms with Crippen molar-refractivity contribution in [1.82, 2.24) is 25.0 Å². The van der Waals surface area contributed by atoms with Gasteiger partial charge in [-0.3, -0.25) is 4.68 Å². The molecule has 196 valence electrons. The van der Waals surface area contributed by atoms with Crippen LogP contribution in [0.4, 0.5) is 15.0 Å². The van der Waals surface area contributed by atoms with E-state index in [1.54, 1.807) is 24.1 Å². The van der Waals surface area contributed by atoms with Gasteiger partial charge in [0.25, 0.3) is 0 Å². The summed E-state index contributed by atoms with van der Waals surface area (Å²) in [7, 11) is 0. The van der Waals surface area contributed by atoms with Gasteiger partial charge in [-0.15, -0.1) is 0 Å². The summed E-state index contributed by atoms with van der Waals surface area (Å²) in [6, 6.07) is 6.23. The van der Waals surface area contributed by atoms with Gasteiger partial charge in [-0.25, -0.2) is 14.2 Å². The number of carbonyl (C=O) groups is 1. The van der Waals surface area contributed by atoms with Crippen molar-refractivity contribution in [2.24, 2.45) is 0 Å². The Morgan fingerprint density at radius 3 is 2.95 bits per heavy atom. The molecule has 1 saturated heterocycles. The lowest BCUT2D eigenvalue weighted by atomic mass is 9.96. The Labute approximate surface area is 223 Å². The Balaban J connectivity index is 1.43. The summed E-state index contributed by atoms with van der Waals surface area (Å²) >= 11 is 12.4. The monoisotopic (exact) mass is 548 g/mol. The first-order valence-corrected chi connectivity index (χ1v) is 12.8. The fraction of sp³-hybridized carbons (Fsp3) is 0.400. The van der Waals surface area contributed by atoms with Crippen LogP contribution >= 0.6 is 23.2 Å². The van der Waals surface area contributed by atoms with Crippen LogP contribution in [-0.2, 0) is 16.9 Å². The molecular formula is C25H27Cl2FN6O3. The lowest BCUT2D eigenvalue weighted by Crippen LogP contribution is -2.44. The van der Waals surface area contributed by atoms with Gasteiger partial charge in [0.05, 0.1) is 36.1 Å². The molecule has 1 spiro atoms. The fourth-order valence-electron chi connectivity index (χ4n) is 4.90. The molecule has 1 aromatic carbocycles. The fourth-order valence-corrected chi connectivity index (χ4v) is 5.57. The molecule has 12 heteroatoms. The maximum absolute atomic E-state index is 14.0. The molecule has 37 heavy (non-hydrogen) atoms. The standard InChI is InChI=1S/C25H27Cl2FN6O3/c1-3-30-24(35)33-7-6-25(13-33)20-11-18(32-34(20)8-9-36-25)15-10-19(23(29)31-12-15)37-14(2)21-16(26)4-5-17(28)22(21)27/h4-5,10-12,14H,3,6-9,13H2,1-2H3,(H2,29,31)(H,30,35)/t14-,25?/m1/s1. The number of rotatable bonds is 5. The second kappa shape index (κ2) is 10.00. The van der Waals surface area contributed by atoms with Gasteiger partial charge in [0, 0.05) is 41.9 Å². The molecule has 0 radical (unpaired) electrons. The van der Waals surface area contributed by atoms with Gasteiger partial charge in [-0.1, -0.05) is 23.2 Å². The lowest BCUT2D eigenvalue weighted by molar-refractivity contribution is -0.0701. The number of ether oxygens (including phenoxy) is 2. The highest BCUT2D eigenvalue weighted by Crippen LogP contribution is 2.41. The highest BCUT2D eigenvalue weighted by molar-refractivity contribution is 6.36. The van der Waals surface area contributed by atoms with Crippen LogP contribution in [0.3, 0.4) is 0 Å². The summed E-state index contributed by atoms with van der Waals surface area (Å²) < 4.78 is 28.2. The Hall–Kier alpha value is -3.08. The zero-order valence-electron chi connectivity index (χ0n) is 20.4. The van der Waals surface area contributed by atoms with Gasteiger partial charge < -0.3 is 25.4 Å². The molecule has 2 atom stereocenters. The minimum Gasteiger partial charge on any atom is -0.482 e. The number of benzene rings is 1. The first-order valence-electron chi connectivity index (χ1n) is 12.0. The lowest BCUT2D eigenvalue weighted by Gasteiger charge is -2.34. The quantitative estimate of drug-likeness (QED) is 0.444. The molecule has 0 bridgehead atoms. The van der Waals surface area contributed by atoms with E-state index >= 15 is 0 Å². The molecule has 9 nitrogen and oxygen atoms in total. The molecule has 3 aromatic rings. The van der Waals surface area contributed by atoms with E-state index in [0.29, 0.717) is 61.8 Å². The van der Waals surface area contributed by atoms with Crippen molar-refractivity contribution >= 4 is 35.1 Å². The van der Waals surface area contributed by atoms with E-state index in [-0.39, 0.29) is 21.9 Å². The van der Waals surface area contributed by atoms with Crippen molar-refractivity contribution in [3.63, 3.8) is 0 Å².